The highest BCUT2D eigenvalue weighted by Crippen LogP contribution is 2.24. The highest BCUT2D eigenvalue weighted by molar-refractivity contribution is 6.88. The molecule has 82 valence electrons. The lowest BCUT2D eigenvalue weighted by Gasteiger charge is -2.18. The maximum Gasteiger partial charge on any atom is 0.338 e. The molecule has 0 bridgehead atoms. The molecule has 0 saturated carbocycles. The second kappa shape index (κ2) is 4.16. The Labute approximate surface area is 99.8 Å². The van der Waals surface area contributed by atoms with E-state index < -0.39 is 14.0 Å². The van der Waals surface area contributed by atoms with E-state index in [-0.39, 0.29) is 15.6 Å². The zero-order valence-electron chi connectivity index (χ0n) is 8.77. The van der Waals surface area contributed by atoms with E-state index in [0.29, 0.717) is 0 Å². The fourth-order valence-corrected chi connectivity index (χ4v) is 3.20. The van der Waals surface area contributed by atoms with Crippen LogP contribution in [0, 0.1) is 0 Å². The Kier molecular flexibility index (Phi) is 3.48. The number of halogens is 2. The number of aromatic carboxylic acids is 1. The number of benzene rings is 1. The standard InChI is InChI=1S/C10H12Cl2O2Si/c1-15(2,3)6-4-7(11)9(10(13)14)8(12)5-6/h4-5H,1-3H3,(H,13,14). The van der Waals surface area contributed by atoms with Crippen molar-refractivity contribution in [3.05, 3.63) is 27.7 Å². The van der Waals surface area contributed by atoms with Crippen molar-refractivity contribution < 1.29 is 9.90 Å². The van der Waals surface area contributed by atoms with Gasteiger partial charge in [0.05, 0.1) is 23.7 Å². The summed E-state index contributed by atoms with van der Waals surface area (Å²) in [6.07, 6.45) is 0. The molecular weight excluding hydrogens is 251 g/mol. The maximum atomic E-state index is 10.8. The van der Waals surface area contributed by atoms with Gasteiger partial charge in [0.15, 0.2) is 0 Å². The first kappa shape index (κ1) is 12.6. The minimum atomic E-state index is -1.52. The monoisotopic (exact) mass is 262 g/mol. The van der Waals surface area contributed by atoms with E-state index in [9.17, 15) is 4.79 Å². The van der Waals surface area contributed by atoms with Crippen LogP contribution < -0.4 is 5.19 Å². The van der Waals surface area contributed by atoms with Crippen molar-refractivity contribution in [2.24, 2.45) is 0 Å². The van der Waals surface area contributed by atoms with Gasteiger partial charge in [-0.05, 0) is 12.1 Å². The number of hydrogen-bond acceptors (Lipinski definition) is 1. The number of rotatable bonds is 2. The molecule has 1 aromatic rings. The van der Waals surface area contributed by atoms with Crippen LogP contribution in [0.25, 0.3) is 0 Å². The summed E-state index contributed by atoms with van der Waals surface area (Å²) < 4.78 is 0. The van der Waals surface area contributed by atoms with Crippen LogP contribution in [0.4, 0.5) is 0 Å². The van der Waals surface area contributed by atoms with E-state index in [1.807, 2.05) is 0 Å². The Morgan fingerprint density at radius 3 is 1.87 bits per heavy atom. The predicted octanol–water partition coefficient (Wildman–Crippen LogP) is 3.24. The minimum absolute atomic E-state index is 0.0136. The summed E-state index contributed by atoms with van der Waals surface area (Å²) in [7, 11) is -1.52. The third-order valence-corrected chi connectivity index (χ3v) is 4.74. The van der Waals surface area contributed by atoms with Crippen molar-refractivity contribution in [3.8, 4) is 0 Å². The molecule has 5 heteroatoms. The summed E-state index contributed by atoms with van der Waals surface area (Å²) in [6.45, 7) is 6.44. The molecule has 0 aliphatic rings. The van der Waals surface area contributed by atoms with Crippen molar-refractivity contribution in [3.63, 3.8) is 0 Å². The SMILES string of the molecule is C[Si](C)(C)c1cc(Cl)c(C(=O)O)c(Cl)c1. The summed E-state index contributed by atoms with van der Waals surface area (Å²) >= 11 is 11.8. The van der Waals surface area contributed by atoms with Gasteiger partial charge < -0.3 is 5.11 Å². The van der Waals surface area contributed by atoms with Crippen molar-refractivity contribution in [1.82, 2.24) is 0 Å². The molecule has 15 heavy (non-hydrogen) atoms. The topological polar surface area (TPSA) is 37.3 Å². The van der Waals surface area contributed by atoms with E-state index >= 15 is 0 Å². The number of carbonyl (C=O) groups is 1. The molecule has 0 amide bonds. The van der Waals surface area contributed by atoms with E-state index in [2.05, 4.69) is 19.6 Å². The van der Waals surface area contributed by atoms with E-state index in [0.717, 1.165) is 5.19 Å². The van der Waals surface area contributed by atoms with Crippen LogP contribution >= 0.6 is 23.2 Å². The highest BCUT2D eigenvalue weighted by Gasteiger charge is 2.21. The largest absolute Gasteiger partial charge is 0.478 e. The van der Waals surface area contributed by atoms with Gasteiger partial charge in [0.2, 0.25) is 0 Å². The van der Waals surface area contributed by atoms with E-state index in [1.165, 1.54) is 0 Å². The fraction of sp³-hybridized carbons (Fsp3) is 0.300. The van der Waals surface area contributed by atoms with Crippen molar-refractivity contribution in [2.75, 3.05) is 0 Å². The Morgan fingerprint density at radius 1 is 1.20 bits per heavy atom. The molecule has 0 spiro atoms. The van der Waals surface area contributed by atoms with Crippen LogP contribution in [0.2, 0.25) is 29.7 Å². The van der Waals surface area contributed by atoms with Crippen LogP contribution in [-0.2, 0) is 0 Å². The molecule has 0 saturated heterocycles. The quantitative estimate of drug-likeness (QED) is 0.832. The molecular formula is C10H12Cl2O2Si. The lowest BCUT2D eigenvalue weighted by atomic mass is 10.2. The third-order valence-electron chi connectivity index (χ3n) is 2.12. The number of carboxylic acids is 1. The van der Waals surface area contributed by atoms with Gasteiger partial charge in [-0.15, -0.1) is 0 Å². The van der Waals surface area contributed by atoms with Gasteiger partial charge in [-0.1, -0.05) is 48.0 Å². The van der Waals surface area contributed by atoms with Crippen LogP contribution in [0.15, 0.2) is 12.1 Å². The first-order valence-electron chi connectivity index (χ1n) is 4.46. The highest BCUT2D eigenvalue weighted by atomic mass is 35.5. The molecule has 1 aromatic carbocycles. The van der Waals surface area contributed by atoms with Gasteiger partial charge in [-0.2, -0.15) is 0 Å². The lowest BCUT2D eigenvalue weighted by Crippen LogP contribution is -2.37. The first-order chi connectivity index (χ1) is 6.73. The van der Waals surface area contributed by atoms with Crippen LogP contribution in [0.3, 0.4) is 0 Å². The molecule has 0 radical (unpaired) electrons. The molecule has 0 fully saturated rings. The summed E-state index contributed by atoms with van der Waals surface area (Å²) in [4.78, 5) is 10.8. The normalized spacial score (nSPS) is 11.5. The summed E-state index contributed by atoms with van der Waals surface area (Å²) in [5.74, 6) is -1.09. The molecule has 0 aliphatic heterocycles. The third kappa shape index (κ3) is 2.74. The average Bonchev–Trinajstić information content (AvgIpc) is 1.99. The first-order valence-corrected chi connectivity index (χ1v) is 8.72. The maximum absolute atomic E-state index is 10.8. The van der Waals surface area contributed by atoms with Crippen LogP contribution in [0.5, 0.6) is 0 Å². The van der Waals surface area contributed by atoms with Crippen molar-refractivity contribution in [2.45, 2.75) is 19.6 Å². The molecule has 0 atom stereocenters. The summed E-state index contributed by atoms with van der Waals surface area (Å²) in [6, 6.07) is 3.42. The predicted molar refractivity (Wildman–Crippen MR) is 66.4 cm³/mol. The van der Waals surface area contributed by atoms with E-state index in [1.54, 1.807) is 12.1 Å². The second-order valence-corrected chi connectivity index (χ2v) is 10.3. The smallest absolute Gasteiger partial charge is 0.338 e. The second-order valence-electron chi connectivity index (χ2n) is 4.37. The van der Waals surface area contributed by atoms with Crippen LogP contribution in [-0.4, -0.2) is 19.1 Å². The zero-order valence-corrected chi connectivity index (χ0v) is 11.3. The molecule has 0 aromatic heterocycles. The van der Waals surface area contributed by atoms with Crippen molar-refractivity contribution in [1.29, 1.82) is 0 Å². The van der Waals surface area contributed by atoms with Gasteiger partial charge in [-0.25, -0.2) is 4.79 Å². The fourth-order valence-electron chi connectivity index (χ4n) is 1.21. The lowest BCUT2D eigenvalue weighted by molar-refractivity contribution is 0.0697. The number of carboxylic acid groups (broad SMARTS) is 1. The van der Waals surface area contributed by atoms with Crippen molar-refractivity contribution >= 4 is 42.4 Å². The molecule has 0 heterocycles. The molecule has 0 unspecified atom stereocenters. The van der Waals surface area contributed by atoms with E-state index in [4.69, 9.17) is 28.3 Å². The average molecular weight is 263 g/mol. The zero-order chi connectivity index (χ0) is 11.8. The molecule has 0 aliphatic carbocycles. The Bertz CT molecular complexity index is 387. The minimum Gasteiger partial charge on any atom is -0.478 e. The number of hydrogen-bond donors (Lipinski definition) is 1. The van der Waals surface area contributed by atoms with Gasteiger partial charge in [0.1, 0.15) is 0 Å². The summed E-state index contributed by atoms with van der Waals surface area (Å²) in [5, 5.41) is 10.4. The van der Waals surface area contributed by atoms with Gasteiger partial charge in [-0.3, -0.25) is 0 Å². The van der Waals surface area contributed by atoms with Crippen LogP contribution in [0.1, 0.15) is 10.4 Å². The summed E-state index contributed by atoms with van der Waals surface area (Å²) in [5.41, 5.74) is -0.0136. The molecule has 2 nitrogen and oxygen atoms in total. The molecule has 1 rings (SSSR count). The molecule has 1 N–H and O–H groups in total. The Morgan fingerprint density at radius 2 is 1.60 bits per heavy atom. The Hall–Kier alpha value is -0.513. The van der Waals surface area contributed by atoms with Gasteiger partial charge >= 0.3 is 5.97 Å². The van der Waals surface area contributed by atoms with Gasteiger partial charge in [0.25, 0.3) is 0 Å². The van der Waals surface area contributed by atoms with Gasteiger partial charge in [0, 0.05) is 0 Å². The Balaban J connectivity index is 3.39.